The molecule has 0 aromatic rings. The van der Waals surface area contributed by atoms with Gasteiger partial charge in [-0.05, 0) is 20.4 Å². The second-order valence-corrected chi connectivity index (χ2v) is 4.18. The van der Waals surface area contributed by atoms with Gasteiger partial charge in [-0.2, -0.15) is 0 Å². The van der Waals surface area contributed by atoms with Gasteiger partial charge in [0.05, 0.1) is 19.7 Å². The van der Waals surface area contributed by atoms with Gasteiger partial charge in [0.15, 0.2) is 0 Å². The summed E-state index contributed by atoms with van der Waals surface area (Å²) in [7, 11) is 1.59. The fourth-order valence-electron chi connectivity index (χ4n) is 1.55. The van der Waals surface area contributed by atoms with Gasteiger partial charge in [0.25, 0.3) is 0 Å². The maximum Gasteiger partial charge on any atom is 0.234 e. The van der Waals surface area contributed by atoms with Crippen molar-refractivity contribution >= 4 is 11.8 Å². The number of methoxy groups -OCH3 is 1. The highest BCUT2D eigenvalue weighted by molar-refractivity contribution is 5.81. The maximum absolute atomic E-state index is 11.7. The Morgan fingerprint density at radius 2 is 1.83 bits per heavy atom. The van der Waals surface area contributed by atoms with Gasteiger partial charge in [-0.1, -0.05) is 6.92 Å². The zero-order valence-corrected chi connectivity index (χ0v) is 11.8. The SMILES string of the molecule is CCNC(=O)CN(CC)CC(=O)NC(C)COC. The van der Waals surface area contributed by atoms with Crippen molar-refractivity contribution in [2.45, 2.75) is 26.8 Å². The molecule has 0 heterocycles. The summed E-state index contributed by atoms with van der Waals surface area (Å²) < 4.78 is 4.94. The van der Waals surface area contributed by atoms with Crippen LogP contribution in [0.15, 0.2) is 0 Å². The maximum atomic E-state index is 11.7. The minimum absolute atomic E-state index is 0.0225. The van der Waals surface area contributed by atoms with Crippen LogP contribution in [0.3, 0.4) is 0 Å². The highest BCUT2D eigenvalue weighted by atomic mass is 16.5. The zero-order valence-electron chi connectivity index (χ0n) is 11.8. The molecule has 0 bridgehead atoms. The first-order valence-electron chi connectivity index (χ1n) is 6.30. The molecule has 0 saturated carbocycles. The minimum atomic E-state index is -0.0919. The summed E-state index contributed by atoms with van der Waals surface area (Å²) in [5, 5.41) is 5.53. The van der Waals surface area contributed by atoms with Crippen LogP contribution in [0.5, 0.6) is 0 Å². The van der Waals surface area contributed by atoms with E-state index in [0.29, 0.717) is 19.7 Å². The molecular formula is C12H25N3O3. The van der Waals surface area contributed by atoms with Crippen LogP contribution in [0, 0.1) is 0 Å². The van der Waals surface area contributed by atoms with Crippen LogP contribution in [0.1, 0.15) is 20.8 Å². The molecule has 6 nitrogen and oxygen atoms in total. The van der Waals surface area contributed by atoms with E-state index in [9.17, 15) is 9.59 Å². The molecule has 0 aliphatic rings. The predicted molar refractivity (Wildman–Crippen MR) is 70.3 cm³/mol. The molecule has 6 heteroatoms. The normalized spacial score (nSPS) is 12.3. The molecule has 0 aromatic heterocycles. The average Bonchev–Trinajstić information content (AvgIpc) is 2.28. The molecule has 1 atom stereocenters. The van der Waals surface area contributed by atoms with E-state index in [1.807, 2.05) is 20.8 Å². The number of carbonyl (C=O) groups excluding carboxylic acids is 2. The predicted octanol–water partition coefficient (Wildman–Crippen LogP) is -0.404. The van der Waals surface area contributed by atoms with Gasteiger partial charge in [-0.3, -0.25) is 14.5 Å². The Hall–Kier alpha value is -1.14. The van der Waals surface area contributed by atoms with E-state index in [0.717, 1.165) is 0 Å². The molecule has 18 heavy (non-hydrogen) atoms. The number of amides is 2. The number of carbonyl (C=O) groups is 2. The smallest absolute Gasteiger partial charge is 0.234 e. The van der Waals surface area contributed by atoms with Gasteiger partial charge in [-0.25, -0.2) is 0 Å². The summed E-state index contributed by atoms with van der Waals surface area (Å²) >= 11 is 0. The number of rotatable bonds is 9. The van der Waals surface area contributed by atoms with Gasteiger partial charge in [0.1, 0.15) is 0 Å². The fraction of sp³-hybridized carbons (Fsp3) is 0.833. The van der Waals surface area contributed by atoms with E-state index >= 15 is 0 Å². The first-order valence-corrected chi connectivity index (χ1v) is 6.30. The van der Waals surface area contributed by atoms with Crippen LogP contribution < -0.4 is 10.6 Å². The van der Waals surface area contributed by atoms with Gasteiger partial charge in [0.2, 0.25) is 11.8 Å². The third kappa shape index (κ3) is 8.03. The quantitative estimate of drug-likeness (QED) is 0.591. The highest BCUT2D eigenvalue weighted by Crippen LogP contribution is 1.89. The fourth-order valence-corrected chi connectivity index (χ4v) is 1.55. The van der Waals surface area contributed by atoms with Crippen LogP contribution in [-0.2, 0) is 14.3 Å². The van der Waals surface area contributed by atoms with Crippen molar-refractivity contribution in [2.75, 3.05) is 39.9 Å². The zero-order chi connectivity index (χ0) is 14.0. The van der Waals surface area contributed by atoms with Crippen LogP contribution in [0.2, 0.25) is 0 Å². The standard InChI is InChI=1S/C12H25N3O3/c1-5-13-11(16)7-15(6-2)8-12(17)14-10(3)9-18-4/h10H,5-9H2,1-4H3,(H,13,16)(H,14,17). The summed E-state index contributed by atoms with van der Waals surface area (Å²) in [4.78, 5) is 24.9. The third-order valence-corrected chi connectivity index (χ3v) is 2.38. The van der Waals surface area contributed by atoms with E-state index in [-0.39, 0.29) is 30.9 Å². The number of ether oxygens (including phenoxy) is 1. The second kappa shape index (κ2) is 9.85. The second-order valence-electron chi connectivity index (χ2n) is 4.18. The molecule has 0 fully saturated rings. The van der Waals surface area contributed by atoms with Gasteiger partial charge in [-0.15, -0.1) is 0 Å². The van der Waals surface area contributed by atoms with Crippen molar-refractivity contribution in [1.29, 1.82) is 0 Å². The largest absolute Gasteiger partial charge is 0.383 e. The monoisotopic (exact) mass is 259 g/mol. The number of hydrogen-bond donors (Lipinski definition) is 2. The lowest BCUT2D eigenvalue weighted by Crippen LogP contribution is -2.45. The van der Waals surface area contributed by atoms with Crippen molar-refractivity contribution in [1.82, 2.24) is 15.5 Å². The first kappa shape index (κ1) is 16.9. The Morgan fingerprint density at radius 1 is 1.22 bits per heavy atom. The Morgan fingerprint density at radius 3 is 2.33 bits per heavy atom. The Bertz CT molecular complexity index is 259. The number of nitrogens with one attached hydrogen (secondary N) is 2. The molecule has 0 saturated heterocycles. The lowest BCUT2D eigenvalue weighted by molar-refractivity contribution is -0.125. The third-order valence-electron chi connectivity index (χ3n) is 2.38. The molecule has 1 unspecified atom stereocenters. The molecule has 2 N–H and O–H groups in total. The van der Waals surface area contributed by atoms with Crippen LogP contribution >= 0.6 is 0 Å². The Labute approximate surface area is 109 Å². The summed E-state index contributed by atoms with van der Waals surface area (Å²) in [5.74, 6) is -0.150. The van der Waals surface area contributed by atoms with Gasteiger partial charge in [0, 0.05) is 19.7 Å². The van der Waals surface area contributed by atoms with Crippen LogP contribution in [0.25, 0.3) is 0 Å². The van der Waals surface area contributed by atoms with Gasteiger partial charge < -0.3 is 15.4 Å². The van der Waals surface area contributed by atoms with Crippen LogP contribution in [-0.4, -0.2) is 62.7 Å². The lowest BCUT2D eigenvalue weighted by Gasteiger charge is -2.20. The lowest BCUT2D eigenvalue weighted by atomic mass is 10.3. The van der Waals surface area contributed by atoms with E-state index < -0.39 is 0 Å². The molecule has 106 valence electrons. The van der Waals surface area contributed by atoms with Crippen molar-refractivity contribution in [3.63, 3.8) is 0 Å². The molecule has 0 rings (SSSR count). The Balaban J connectivity index is 4.03. The van der Waals surface area contributed by atoms with E-state index in [2.05, 4.69) is 10.6 Å². The molecule has 0 spiro atoms. The summed E-state index contributed by atoms with van der Waals surface area (Å²) in [6, 6.07) is -0.0225. The molecule has 0 aliphatic heterocycles. The molecule has 0 aliphatic carbocycles. The number of likely N-dealkylation sites (N-methyl/N-ethyl adjacent to an activating group) is 2. The molecule has 2 amide bonds. The van der Waals surface area contributed by atoms with Gasteiger partial charge >= 0.3 is 0 Å². The highest BCUT2D eigenvalue weighted by Gasteiger charge is 2.14. The van der Waals surface area contributed by atoms with E-state index in [4.69, 9.17) is 4.74 Å². The van der Waals surface area contributed by atoms with Crippen LogP contribution in [0.4, 0.5) is 0 Å². The minimum Gasteiger partial charge on any atom is -0.383 e. The molecule has 0 radical (unpaired) electrons. The van der Waals surface area contributed by atoms with Crippen molar-refractivity contribution in [2.24, 2.45) is 0 Å². The van der Waals surface area contributed by atoms with E-state index in [1.165, 1.54) is 0 Å². The van der Waals surface area contributed by atoms with Crippen molar-refractivity contribution in [3.8, 4) is 0 Å². The summed E-state index contributed by atoms with van der Waals surface area (Å²) in [5.41, 5.74) is 0. The van der Waals surface area contributed by atoms with Crippen molar-refractivity contribution < 1.29 is 14.3 Å². The Kier molecular flexibility index (Phi) is 9.22. The average molecular weight is 259 g/mol. The molecular weight excluding hydrogens is 234 g/mol. The summed E-state index contributed by atoms with van der Waals surface area (Å²) in [6.07, 6.45) is 0. The van der Waals surface area contributed by atoms with E-state index in [1.54, 1.807) is 12.0 Å². The molecule has 0 aromatic carbocycles. The summed E-state index contributed by atoms with van der Waals surface area (Å²) in [6.45, 7) is 7.88. The topological polar surface area (TPSA) is 70.7 Å². The number of nitrogens with zero attached hydrogens (tertiary/aromatic N) is 1. The van der Waals surface area contributed by atoms with Crippen molar-refractivity contribution in [3.05, 3.63) is 0 Å². The number of hydrogen-bond acceptors (Lipinski definition) is 4. The first-order chi connectivity index (χ1) is 8.53.